The van der Waals surface area contributed by atoms with Gasteiger partial charge in [-0.1, -0.05) is 0 Å². The maximum Gasteiger partial charge on any atom is 0.236 e. The molecule has 1 rings (SSSR count). The molecule has 0 bridgehead atoms. The lowest BCUT2D eigenvalue weighted by Gasteiger charge is -1.81. The smallest absolute Gasteiger partial charge is 0.236 e. The fraction of sp³-hybridized carbons (Fsp3) is 0. The summed E-state index contributed by atoms with van der Waals surface area (Å²) in [7, 11) is 0. The van der Waals surface area contributed by atoms with Crippen LogP contribution in [-0.2, 0) is 0 Å². The fourth-order valence-corrected chi connectivity index (χ4v) is 1.11. The predicted molar refractivity (Wildman–Crippen MR) is 49.5 cm³/mol. The first kappa shape index (κ1) is 8.25. The number of hydrogen-bond acceptors (Lipinski definition) is 2. The highest BCUT2D eigenvalue weighted by molar-refractivity contribution is 14.1. The maximum absolute atomic E-state index is 9.88. The van der Waals surface area contributed by atoms with E-state index >= 15 is 0 Å². The van der Waals surface area contributed by atoms with Crippen LogP contribution in [0.25, 0.3) is 6.08 Å². The van der Waals surface area contributed by atoms with E-state index in [9.17, 15) is 10.1 Å². The van der Waals surface area contributed by atoms with Crippen molar-refractivity contribution in [1.82, 2.24) is 4.98 Å². The first-order chi connectivity index (χ1) is 5.18. The average Bonchev–Trinajstić information content (AvgIpc) is 2.31. The maximum atomic E-state index is 9.88. The summed E-state index contributed by atoms with van der Waals surface area (Å²) in [6.45, 7) is 0. The molecule has 1 N–H and O–H groups in total. The van der Waals surface area contributed by atoms with Gasteiger partial charge in [0.15, 0.2) is 0 Å². The predicted octanol–water partition coefficient (Wildman–Crippen LogP) is 1.87. The first-order valence-corrected chi connectivity index (χ1v) is 3.92. The Hall–Kier alpha value is -0.850. The third-order valence-electron chi connectivity index (χ3n) is 1.05. The van der Waals surface area contributed by atoms with Crippen LogP contribution in [0.15, 0.2) is 18.3 Å². The Morgan fingerprint density at radius 1 is 1.64 bits per heavy atom. The Balaban J connectivity index is 2.71. The summed E-state index contributed by atoms with van der Waals surface area (Å²) in [4.78, 5) is 12.3. The molecule has 11 heavy (non-hydrogen) atoms. The highest BCUT2D eigenvalue weighted by Crippen LogP contribution is 2.05. The van der Waals surface area contributed by atoms with Gasteiger partial charge in [0, 0.05) is 11.8 Å². The van der Waals surface area contributed by atoms with Crippen LogP contribution >= 0.6 is 22.6 Å². The van der Waals surface area contributed by atoms with Gasteiger partial charge in [-0.2, -0.15) is 0 Å². The second-order valence-electron chi connectivity index (χ2n) is 1.86. The van der Waals surface area contributed by atoms with Crippen LogP contribution in [0.5, 0.6) is 0 Å². The van der Waals surface area contributed by atoms with Crippen molar-refractivity contribution >= 4 is 28.7 Å². The molecule has 1 aromatic heterocycles. The minimum atomic E-state index is -0.492. The summed E-state index contributed by atoms with van der Waals surface area (Å²) in [6, 6.07) is 3.63. The molecule has 1 heterocycles. The zero-order chi connectivity index (χ0) is 8.27. The lowest BCUT2D eigenvalue weighted by Crippen LogP contribution is -1.82. The Bertz CT molecular complexity index is 293. The van der Waals surface area contributed by atoms with E-state index in [0.717, 1.165) is 15.6 Å². The van der Waals surface area contributed by atoms with Gasteiger partial charge in [-0.25, -0.2) is 0 Å². The number of nitrogens with zero attached hydrogens (tertiary/aromatic N) is 1. The highest BCUT2D eigenvalue weighted by Gasteiger charge is 1.92. The summed E-state index contributed by atoms with van der Waals surface area (Å²) < 4.78 is 0.964. The molecule has 0 aliphatic rings. The summed E-state index contributed by atoms with van der Waals surface area (Å²) in [5.41, 5.74) is 0.742. The molecule has 0 saturated heterocycles. The van der Waals surface area contributed by atoms with Crippen LogP contribution in [-0.4, -0.2) is 9.91 Å². The standard InChI is InChI=1S/C6H5IN2O2/c7-6-2-1-5(8-6)3-4-9(10)11/h1-4,8H/b4-3+. The lowest BCUT2D eigenvalue weighted by molar-refractivity contribution is -0.401. The largest absolute Gasteiger partial charge is 0.350 e. The van der Waals surface area contributed by atoms with Crippen molar-refractivity contribution in [2.45, 2.75) is 0 Å². The molecule has 0 radical (unpaired) electrons. The van der Waals surface area contributed by atoms with Crippen molar-refractivity contribution in [3.8, 4) is 0 Å². The number of nitrogens with one attached hydrogen (secondary N) is 1. The van der Waals surface area contributed by atoms with Gasteiger partial charge in [-0.15, -0.1) is 0 Å². The molecule has 0 aliphatic carbocycles. The third-order valence-corrected chi connectivity index (χ3v) is 1.68. The van der Waals surface area contributed by atoms with Gasteiger partial charge in [0.1, 0.15) is 0 Å². The minimum absolute atomic E-state index is 0.492. The number of aromatic nitrogens is 1. The van der Waals surface area contributed by atoms with E-state index in [1.165, 1.54) is 6.08 Å². The van der Waals surface area contributed by atoms with E-state index in [1.807, 2.05) is 6.07 Å². The first-order valence-electron chi connectivity index (χ1n) is 2.85. The Morgan fingerprint density at radius 3 is 2.82 bits per heavy atom. The number of aromatic amines is 1. The van der Waals surface area contributed by atoms with Gasteiger partial charge in [0.05, 0.1) is 8.62 Å². The van der Waals surface area contributed by atoms with Crippen molar-refractivity contribution < 1.29 is 4.92 Å². The molecule has 0 aromatic carbocycles. The topological polar surface area (TPSA) is 58.9 Å². The van der Waals surface area contributed by atoms with Gasteiger partial charge < -0.3 is 4.98 Å². The molecular formula is C6H5IN2O2. The molecule has 0 spiro atoms. The summed E-state index contributed by atoms with van der Waals surface area (Å²) >= 11 is 2.10. The second-order valence-corrected chi connectivity index (χ2v) is 3.02. The number of nitro groups is 1. The number of hydrogen-bond donors (Lipinski definition) is 1. The van der Waals surface area contributed by atoms with Crippen LogP contribution in [0, 0.1) is 13.8 Å². The minimum Gasteiger partial charge on any atom is -0.350 e. The molecule has 0 unspecified atom stereocenters. The zero-order valence-electron chi connectivity index (χ0n) is 5.45. The fourth-order valence-electron chi connectivity index (χ4n) is 0.623. The SMILES string of the molecule is O=[N+]([O-])/C=C/c1ccc(I)[nH]1. The normalized spacial score (nSPS) is 10.6. The second kappa shape index (κ2) is 3.51. The Labute approximate surface area is 76.6 Å². The van der Waals surface area contributed by atoms with Crippen molar-refractivity contribution in [1.29, 1.82) is 0 Å². The Morgan fingerprint density at radius 2 is 2.36 bits per heavy atom. The molecule has 5 heteroatoms. The van der Waals surface area contributed by atoms with Crippen molar-refractivity contribution in [2.75, 3.05) is 0 Å². The lowest BCUT2D eigenvalue weighted by atomic mass is 10.4. The molecular weight excluding hydrogens is 259 g/mol. The van der Waals surface area contributed by atoms with E-state index in [2.05, 4.69) is 27.6 Å². The van der Waals surface area contributed by atoms with Gasteiger partial charge in [-0.05, 0) is 34.7 Å². The van der Waals surface area contributed by atoms with Crippen LogP contribution < -0.4 is 0 Å². The monoisotopic (exact) mass is 264 g/mol. The molecule has 0 atom stereocenters. The molecule has 0 saturated carbocycles. The van der Waals surface area contributed by atoms with E-state index in [0.29, 0.717) is 0 Å². The molecule has 0 amide bonds. The zero-order valence-corrected chi connectivity index (χ0v) is 7.61. The molecule has 0 aliphatic heterocycles. The summed E-state index contributed by atoms with van der Waals surface area (Å²) in [5, 5.41) is 9.88. The van der Waals surface area contributed by atoms with Gasteiger partial charge in [0.25, 0.3) is 0 Å². The van der Waals surface area contributed by atoms with Gasteiger partial charge in [0.2, 0.25) is 6.20 Å². The molecule has 0 fully saturated rings. The van der Waals surface area contributed by atoms with Crippen molar-refractivity contribution in [3.63, 3.8) is 0 Å². The van der Waals surface area contributed by atoms with Crippen molar-refractivity contribution in [2.24, 2.45) is 0 Å². The van der Waals surface area contributed by atoms with Gasteiger partial charge in [-0.3, -0.25) is 10.1 Å². The average molecular weight is 264 g/mol. The van der Waals surface area contributed by atoms with E-state index in [-0.39, 0.29) is 0 Å². The van der Waals surface area contributed by atoms with Gasteiger partial charge >= 0.3 is 0 Å². The van der Waals surface area contributed by atoms with Crippen LogP contribution in [0.3, 0.4) is 0 Å². The quantitative estimate of drug-likeness (QED) is 0.503. The molecule has 4 nitrogen and oxygen atoms in total. The third kappa shape index (κ3) is 2.71. The molecule has 58 valence electrons. The van der Waals surface area contributed by atoms with E-state index in [1.54, 1.807) is 6.07 Å². The highest BCUT2D eigenvalue weighted by atomic mass is 127. The Kier molecular flexibility index (Phi) is 2.64. The van der Waals surface area contributed by atoms with Crippen LogP contribution in [0.1, 0.15) is 5.69 Å². The van der Waals surface area contributed by atoms with E-state index in [4.69, 9.17) is 0 Å². The molecule has 1 aromatic rings. The van der Waals surface area contributed by atoms with E-state index < -0.39 is 4.92 Å². The van der Waals surface area contributed by atoms with Crippen molar-refractivity contribution in [3.05, 3.63) is 37.8 Å². The number of halogens is 1. The summed E-state index contributed by atoms with van der Waals surface area (Å²) in [5.74, 6) is 0. The van der Waals surface area contributed by atoms with Crippen LogP contribution in [0.2, 0.25) is 0 Å². The summed E-state index contributed by atoms with van der Waals surface area (Å²) in [6.07, 6.45) is 2.32. The number of rotatable bonds is 2. The number of H-pyrrole nitrogens is 1. The van der Waals surface area contributed by atoms with Crippen LogP contribution in [0.4, 0.5) is 0 Å².